The number of carboxylic acid groups (broad SMARTS) is 1. The van der Waals surface area contributed by atoms with Gasteiger partial charge in [-0.2, -0.15) is 0 Å². The first-order valence-corrected chi connectivity index (χ1v) is 10.3. The van der Waals surface area contributed by atoms with E-state index in [9.17, 15) is 9.59 Å². The molecule has 2 aromatic carbocycles. The molecule has 1 aliphatic rings. The number of thioether (sulfide) groups is 1. The molecule has 0 aromatic heterocycles. The Bertz CT molecular complexity index is 1030. The number of rotatable bonds is 8. The van der Waals surface area contributed by atoms with Crippen molar-refractivity contribution in [2.75, 3.05) is 6.61 Å². The Morgan fingerprint density at radius 3 is 2.70 bits per heavy atom. The van der Waals surface area contributed by atoms with E-state index in [-0.39, 0.29) is 5.91 Å². The first-order chi connectivity index (χ1) is 14.5. The van der Waals surface area contributed by atoms with Gasteiger partial charge in [0.05, 0.1) is 10.6 Å². The number of nitrogens with zero attached hydrogens (tertiary/aromatic N) is 1. The molecule has 3 rings (SSSR count). The molecular formula is C23H22N2O4S. The molecule has 1 aliphatic heterocycles. The Kier molecular flexibility index (Phi) is 7.08. The Morgan fingerprint density at radius 1 is 1.27 bits per heavy atom. The lowest BCUT2D eigenvalue weighted by Gasteiger charge is -2.10. The van der Waals surface area contributed by atoms with Crippen molar-refractivity contribution in [3.05, 3.63) is 76.7 Å². The molecule has 0 radical (unpaired) electrons. The van der Waals surface area contributed by atoms with Crippen LogP contribution in [-0.2, 0) is 22.4 Å². The van der Waals surface area contributed by atoms with Gasteiger partial charge in [0.25, 0.3) is 5.91 Å². The molecule has 1 saturated heterocycles. The van der Waals surface area contributed by atoms with Crippen LogP contribution in [0.3, 0.4) is 0 Å². The van der Waals surface area contributed by atoms with Crippen LogP contribution in [0.2, 0.25) is 0 Å². The predicted octanol–water partition coefficient (Wildman–Crippen LogP) is 4.33. The summed E-state index contributed by atoms with van der Waals surface area (Å²) in [6, 6.07) is 13.2. The second-order valence-corrected chi connectivity index (χ2v) is 7.57. The van der Waals surface area contributed by atoms with Crippen LogP contribution in [-0.4, -0.2) is 28.8 Å². The molecule has 0 bridgehead atoms. The van der Waals surface area contributed by atoms with Crippen LogP contribution in [0, 0.1) is 0 Å². The molecule has 0 aliphatic carbocycles. The molecule has 0 unspecified atom stereocenters. The van der Waals surface area contributed by atoms with Crippen LogP contribution in [0.25, 0.3) is 6.08 Å². The Labute approximate surface area is 179 Å². The van der Waals surface area contributed by atoms with Crippen LogP contribution in [0.15, 0.2) is 65.0 Å². The molecule has 2 N–H and O–H groups in total. The second-order valence-electron chi connectivity index (χ2n) is 6.54. The van der Waals surface area contributed by atoms with Crippen LogP contribution in [0.4, 0.5) is 5.69 Å². The maximum absolute atomic E-state index is 12.3. The van der Waals surface area contributed by atoms with Crippen molar-refractivity contribution >= 4 is 40.6 Å². The number of amides is 1. The number of hydrogen-bond acceptors (Lipinski definition) is 5. The summed E-state index contributed by atoms with van der Waals surface area (Å²) in [4.78, 5) is 28.1. The fourth-order valence-electron chi connectivity index (χ4n) is 2.84. The van der Waals surface area contributed by atoms with Crippen molar-refractivity contribution in [2.24, 2.45) is 4.99 Å². The molecule has 2 aromatic rings. The minimum absolute atomic E-state index is 0.208. The lowest BCUT2D eigenvalue weighted by atomic mass is 10.1. The third-order valence-corrected chi connectivity index (χ3v) is 5.23. The van der Waals surface area contributed by atoms with Gasteiger partial charge < -0.3 is 15.2 Å². The Hall–Kier alpha value is -3.32. The van der Waals surface area contributed by atoms with Crippen LogP contribution < -0.4 is 10.1 Å². The molecule has 154 valence electrons. The number of benzene rings is 2. The normalized spacial score (nSPS) is 16.0. The number of aliphatic carboxylic acids is 1. The summed E-state index contributed by atoms with van der Waals surface area (Å²) in [7, 11) is 0. The number of allylic oxidation sites excluding steroid dienone is 1. The summed E-state index contributed by atoms with van der Waals surface area (Å²) >= 11 is 1.28. The summed E-state index contributed by atoms with van der Waals surface area (Å²) < 4.78 is 5.33. The van der Waals surface area contributed by atoms with E-state index in [1.54, 1.807) is 24.3 Å². The minimum atomic E-state index is -1.04. The average Bonchev–Trinajstić information content (AvgIpc) is 3.06. The molecule has 1 heterocycles. The number of aliphatic imine (C=N–C) groups is 1. The van der Waals surface area contributed by atoms with E-state index < -0.39 is 12.6 Å². The lowest BCUT2D eigenvalue weighted by Crippen LogP contribution is -2.19. The highest BCUT2D eigenvalue weighted by atomic mass is 32.2. The maximum atomic E-state index is 12.3. The number of nitrogens with one attached hydrogen (secondary N) is 1. The minimum Gasteiger partial charge on any atom is -0.482 e. The van der Waals surface area contributed by atoms with E-state index in [0.717, 1.165) is 23.2 Å². The zero-order valence-corrected chi connectivity index (χ0v) is 17.4. The van der Waals surface area contributed by atoms with Crippen LogP contribution in [0.1, 0.15) is 23.6 Å². The van der Waals surface area contributed by atoms with Gasteiger partial charge >= 0.3 is 5.97 Å². The van der Waals surface area contributed by atoms with Crippen molar-refractivity contribution in [3.63, 3.8) is 0 Å². The molecule has 0 saturated carbocycles. The molecular weight excluding hydrogens is 400 g/mol. The monoisotopic (exact) mass is 422 g/mol. The molecule has 1 amide bonds. The van der Waals surface area contributed by atoms with Crippen molar-refractivity contribution in [1.82, 2.24) is 5.32 Å². The van der Waals surface area contributed by atoms with E-state index in [4.69, 9.17) is 9.84 Å². The smallest absolute Gasteiger partial charge is 0.341 e. The van der Waals surface area contributed by atoms with Gasteiger partial charge in [-0.15, -0.1) is 6.58 Å². The van der Waals surface area contributed by atoms with E-state index in [1.165, 1.54) is 17.3 Å². The van der Waals surface area contributed by atoms with Gasteiger partial charge in [-0.25, -0.2) is 9.79 Å². The summed E-state index contributed by atoms with van der Waals surface area (Å²) in [5, 5.41) is 12.1. The largest absolute Gasteiger partial charge is 0.482 e. The van der Waals surface area contributed by atoms with Gasteiger partial charge in [0.1, 0.15) is 5.75 Å². The Morgan fingerprint density at radius 2 is 2.03 bits per heavy atom. The highest BCUT2D eigenvalue weighted by Crippen LogP contribution is 2.30. The van der Waals surface area contributed by atoms with Crippen molar-refractivity contribution < 1.29 is 19.4 Å². The van der Waals surface area contributed by atoms with Crippen molar-refractivity contribution in [1.29, 1.82) is 0 Å². The van der Waals surface area contributed by atoms with Gasteiger partial charge in [-0.05, 0) is 71.6 Å². The SMILES string of the molecule is C=CCc1cc(/C=C2\SC(=Nc3ccc(CC)cc3)NC2=O)ccc1OCC(=O)O. The quantitative estimate of drug-likeness (QED) is 0.488. The fourth-order valence-corrected chi connectivity index (χ4v) is 3.68. The first-order valence-electron chi connectivity index (χ1n) is 9.45. The first kappa shape index (κ1) is 21.4. The number of aryl methyl sites for hydroxylation is 1. The van der Waals surface area contributed by atoms with E-state index in [2.05, 4.69) is 23.8 Å². The molecule has 7 heteroatoms. The Balaban J connectivity index is 1.79. The zero-order chi connectivity index (χ0) is 21.5. The maximum Gasteiger partial charge on any atom is 0.341 e. The van der Waals surface area contributed by atoms with Crippen LogP contribution in [0.5, 0.6) is 5.75 Å². The highest BCUT2D eigenvalue weighted by Gasteiger charge is 2.24. The predicted molar refractivity (Wildman–Crippen MR) is 120 cm³/mol. The summed E-state index contributed by atoms with van der Waals surface area (Å²) in [6.45, 7) is 5.41. The molecule has 30 heavy (non-hydrogen) atoms. The van der Waals surface area contributed by atoms with Crippen molar-refractivity contribution in [2.45, 2.75) is 19.8 Å². The zero-order valence-electron chi connectivity index (χ0n) is 16.6. The van der Waals surface area contributed by atoms with Crippen LogP contribution >= 0.6 is 11.8 Å². The molecule has 0 spiro atoms. The van der Waals surface area contributed by atoms with Crippen molar-refractivity contribution in [3.8, 4) is 5.75 Å². The molecule has 6 nitrogen and oxygen atoms in total. The van der Waals surface area contributed by atoms with Gasteiger partial charge in [-0.1, -0.05) is 31.2 Å². The number of amidine groups is 1. The second kappa shape index (κ2) is 9.93. The molecule has 0 atom stereocenters. The average molecular weight is 423 g/mol. The summed E-state index contributed by atoms with van der Waals surface area (Å²) in [5.41, 5.74) is 3.62. The number of carboxylic acids is 1. The number of carbonyl (C=O) groups excluding carboxylic acids is 1. The third kappa shape index (κ3) is 5.61. The summed E-state index contributed by atoms with van der Waals surface area (Å²) in [6.07, 6.45) is 4.97. The van der Waals surface area contributed by atoms with Gasteiger partial charge in [0.2, 0.25) is 0 Å². The van der Waals surface area contributed by atoms with E-state index in [1.807, 2.05) is 30.3 Å². The third-order valence-electron chi connectivity index (χ3n) is 4.32. The van der Waals surface area contributed by atoms with Gasteiger partial charge in [-0.3, -0.25) is 4.79 Å². The number of hydrogen-bond donors (Lipinski definition) is 2. The standard InChI is InChI=1S/C23H22N2O4S/c1-3-5-17-12-16(8-11-19(17)29-14-21(26)27)13-20-22(28)25-23(30-20)24-18-9-6-15(4-2)7-10-18/h3,6-13H,1,4-5,14H2,2H3,(H,26,27)(H,24,25,28)/b20-13-. The van der Waals surface area contributed by atoms with E-state index in [0.29, 0.717) is 22.2 Å². The van der Waals surface area contributed by atoms with Gasteiger partial charge in [0, 0.05) is 0 Å². The fraction of sp³-hybridized carbons (Fsp3) is 0.174. The molecule has 1 fully saturated rings. The number of carbonyl (C=O) groups is 2. The highest BCUT2D eigenvalue weighted by molar-refractivity contribution is 8.18. The number of ether oxygens (including phenoxy) is 1. The van der Waals surface area contributed by atoms with Gasteiger partial charge in [0.15, 0.2) is 11.8 Å². The lowest BCUT2D eigenvalue weighted by molar-refractivity contribution is -0.139. The topological polar surface area (TPSA) is 88.0 Å². The van der Waals surface area contributed by atoms with E-state index >= 15 is 0 Å². The summed E-state index contributed by atoms with van der Waals surface area (Å²) in [5.74, 6) is -0.762.